The van der Waals surface area contributed by atoms with Gasteiger partial charge in [-0.1, -0.05) is 58.7 Å². The van der Waals surface area contributed by atoms with Crippen LogP contribution in [0.4, 0.5) is 9.59 Å². The molecule has 5 heterocycles. The quantitative estimate of drug-likeness (QED) is 0.0841. The van der Waals surface area contributed by atoms with Crippen LogP contribution in [0.15, 0.2) is 48.7 Å². The molecule has 0 unspecified atom stereocenters. The number of aromatic nitrogens is 4. The lowest BCUT2D eigenvalue weighted by Gasteiger charge is -2.42. The Bertz CT molecular complexity index is 2560. The molecule has 4 amide bonds. The molecule has 2 saturated heterocycles. The highest BCUT2D eigenvalue weighted by Gasteiger charge is 2.40. The van der Waals surface area contributed by atoms with Gasteiger partial charge in [-0.15, -0.1) is 0 Å². The van der Waals surface area contributed by atoms with Crippen LogP contribution in [0.2, 0.25) is 0 Å². The summed E-state index contributed by atoms with van der Waals surface area (Å²) in [4.78, 5) is 73.9. The van der Waals surface area contributed by atoms with E-state index < -0.39 is 24.3 Å². The minimum Gasteiger partial charge on any atom is -0.488 e. The van der Waals surface area contributed by atoms with Crippen molar-refractivity contribution in [1.29, 1.82) is 0 Å². The number of rotatable bonds is 14. The van der Waals surface area contributed by atoms with Crippen LogP contribution in [0.3, 0.4) is 0 Å². The van der Waals surface area contributed by atoms with Crippen LogP contribution in [-0.4, -0.2) is 106 Å². The lowest BCUT2D eigenvalue weighted by atomic mass is 9.90. The van der Waals surface area contributed by atoms with E-state index in [2.05, 4.69) is 77.8 Å². The van der Waals surface area contributed by atoms with Gasteiger partial charge in [-0.25, -0.2) is 19.6 Å². The van der Waals surface area contributed by atoms with Crippen molar-refractivity contribution in [2.24, 2.45) is 17.8 Å². The number of aromatic amines is 2. The molecule has 16 nitrogen and oxygen atoms in total. The molecule has 0 radical (unpaired) electrons. The smallest absolute Gasteiger partial charge is 0.407 e. The van der Waals surface area contributed by atoms with E-state index in [0.717, 1.165) is 87.6 Å². The van der Waals surface area contributed by atoms with E-state index in [1.165, 1.54) is 14.2 Å². The Morgan fingerprint density at radius 3 is 2.41 bits per heavy atom. The molecule has 0 bridgehead atoms. The topological polar surface area (TPSA) is 193 Å². The maximum Gasteiger partial charge on any atom is 0.407 e. The molecular weight excluding hydrogens is 841 g/mol. The van der Waals surface area contributed by atoms with Crippen molar-refractivity contribution >= 4 is 45.8 Å². The number of benzene rings is 3. The number of hydrogen-bond donors (Lipinski definition) is 4. The van der Waals surface area contributed by atoms with Gasteiger partial charge in [-0.2, -0.15) is 0 Å². The molecule has 4 atom stereocenters. The van der Waals surface area contributed by atoms with Crippen molar-refractivity contribution in [2.75, 3.05) is 34.0 Å². The zero-order valence-corrected chi connectivity index (χ0v) is 39.2. The van der Waals surface area contributed by atoms with Gasteiger partial charge in [-0.05, 0) is 103 Å². The van der Waals surface area contributed by atoms with Gasteiger partial charge in [0.05, 0.1) is 49.7 Å². The van der Waals surface area contributed by atoms with Crippen LogP contribution in [0.1, 0.15) is 103 Å². The van der Waals surface area contributed by atoms with E-state index >= 15 is 0 Å². The summed E-state index contributed by atoms with van der Waals surface area (Å²) < 4.78 is 21.9. The Hall–Kier alpha value is -6.16. The number of fused-ring (bicyclic) bond motifs is 6. The number of imidazole rings is 2. The normalized spacial score (nSPS) is 18.3. The average Bonchev–Trinajstić information content (AvgIpc) is 4.00. The van der Waals surface area contributed by atoms with E-state index in [-0.39, 0.29) is 48.2 Å². The van der Waals surface area contributed by atoms with Crippen molar-refractivity contribution in [2.45, 2.75) is 117 Å². The van der Waals surface area contributed by atoms with Crippen LogP contribution in [0.25, 0.3) is 44.2 Å². The minimum absolute atomic E-state index is 0.0301. The Labute approximate surface area is 385 Å². The van der Waals surface area contributed by atoms with Crippen LogP contribution < -0.4 is 15.4 Å². The summed E-state index contributed by atoms with van der Waals surface area (Å²) in [5.41, 5.74) is 6.55. The lowest BCUT2D eigenvalue weighted by Crippen LogP contribution is -2.55. The van der Waals surface area contributed by atoms with Crippen LogP contribution in [-0.2, 0) is 37.0 Å². The van der Waals surface area contributed by atoms with Gasteiger partial charge in [0.15, 0.2) is 0 Å². The van der Waals surface area contributed by atoms with Gasteiger partial charge >= 0.3 is 12.2 Å². The second-order valence-corrected chi connectivity index (χ2v) is 18.4. The zero-order chi connectivity index (χ0) is 46.6. The largest absolute Gasteiger partial charge is 0.488 e. The Morgan fingerprint density at radius 2 is 1.68 bits per heavy atom. The molecule has 2 fully saturated rings. The summed E-state index contributed by atoms with van der Waals surface area (Å²) in [6.45, 7) is 12.4. The van der Waals surface area contributed by atoms with Crippen molar-refractivity contribution < 1.29 is 38.1 Å². The number of amides is 4. The number of nitrogens with one attached hydrogen (secondary N) is 4. The highest BCUT2D eigenvalue weighted by Crippen LogP contribution is 2.43. The minimum atomic E-state index is -0.740. The molecule has 2 aromatic heterocycles. The lowest BCUT2D eigenvalue weighted by molar-refractivity contribution is -0.141. The molecule has 3 aromatic carbocycles. The molecule has 5 aromatic rings. The third-order valence-electron chi connectivity index (χ3n) is 13.9. The number of H-pyrrole nitrogens is 2. The monoisotopic (exact) mass is 904 g/mol. The van der Waals surface area contributed by atoms with E-state index in [1.54, 1.807) is 0 Å². The van der Waals surface area contributed by atoms with Crippen LogP contribution in [0, 0.1) is 17.8 Å². The fourth-order valence-corrected chi connectivity index (χ4v) is 10.0. The summed E-state index contributed by atoms with van der Waals surface area (Å²) in [6.07, 6.45) is 6.31. The molecule has 3 aliphatic rings. The molecule has 0 spiro atoms. The second kappa shape index (κ2) is 20.1. The predicted octanol–water partition coefficient (Wildman–Crippen LogP) is 8.40. The maximum atomic E-state index is 14.5. The summed E-state index contributed by atoms with van der Waals surface area (Å²) in [7, 11) is 2.61. The van der Waals surface area contributed by atoms with Crippen LogP contribution in [0.5, 0.6) is 5.75 Å². The number of carbonyl (C=O) groups excluding carboxylic acids is 4. The predicted molar refractivity (Wildman–Crippen MR) is 250 cm³/mol. The fraction of sp³-hybridized carbons (Fsp3) is 0.520. The third kappa shape index (κ3) is 9.56. The zero-order valence-electron chi connectivity index (χ0n) is 39.2. The van der Waals surface area contributed by atoms with Crippen molar-refractivity contribution in [3.05, 3.63) is 65.9 Å². The first-order valence-corrected chi connectivity index (χ1v) is 23.5. The number of carbonyl (C=O) groups is 4. The van der Waals surface area contributed by atoms with Gasteiger partial charge in [0.2, 0.25) is 11.8 Å². The van der Waals surface area contributed by atoms with E-state index in [4.69, 9.17) is 28.9 Å². The Kier molecular flexibility index (Phi) is 14.2. The molecule has 4 N–H and O–H groups in total. The fourth-order valence-electron chi connectivity index (χ4n) is 10.0. The number of alkyl carbamates (subject to hydrolysis) is 2. The molecular formula is C50H64N8O8. The summed E-state index contributed by atoms with van der Waals surface area (Å²) in [5, 5.41) is 7.56. The Morgan fingerprint density at radius 1 is 0.924 bits per heavy atom. The van der Waals surface area contributed by atoms with Gasteiger partial charge in [0, 0.05) is 36.8 Å². The van der Waals surface area contributed by atoms with Crippen LogP contribution >= 0.6 is 0 Å². The van der Waals surface area contributed by atoms with Crippen molar-refractivity contribution in [3.8, 4) is 28.1 Å². The number of nitrogens with zero attached hydrogens (tertiary/aromatic N) is 4. The van der Waals surface area contributed by atoms with Gasteiger partial charge in [0.1, 0.15) is 36.1 Å². The molecule has 66 heavy (non-hydrogen) atoms. The maximum absolute atomic E-state index is 14.5. The molecule has 3 aliphatic heterocycles. The van der Waals surface area contributed by atoms with Gasteiger partial charge in [-0.3, -0.25) is 9.59 Å². The molecule has 8 rings (SSSR count). The number of piperidine rings is 1. The molecule has 16 heteroatoms. The molecule has 352 valence electrons. The third-order valence-corrected chi connectivity index (χ3v) is 13.9. The number of hydrogen-bond acceptors (Lipinski definition) is 10. The first-order valence-electron chi connectivity index (χ1n) is 23.5. The highest BCUT2D eigenvalue weighted by atomic mass is 16.5. The summed E-state index contributed by atoms with van der Waals surface area (Å²) in [5.74, 6) is 1.92. The Balaban J connectivity index is 1.04. The number of methoxy groups -OCH3 is 2. The average molecular weight is 905 g/mol. The molecule has 0 aliphatic carbocycles. The summed E-state index contributed by atoms with van der Waals surface area (Å²) >= 11 is 0. The molecule has 0 saturated carbocycles. The van der Waals surface area contributed by atoms with E-state index in [9.17, 15) is 19.2 Å². The van der Waals surface area contributed by atoms with E-state index in [0.29, 0.717) is 50.9 Å². The van der Waals surface area contributed by atoms with Gasteiger partial charge < -0.3 is 49.3 Å². The number of ether oxygens (including phenoxy) is 4. The highest BCUT2D eigenvalue weighted by molar-refractivity contribution is 6.07. The SMILES string of the molecule is CCC(CC)CN(Cc1nc2c(ccc3cc4c(cc32)OCc2cc(-c3cnc([C@@H]5CCC[C@H](C)N5C(=O)[C@@H](NC(=O)OC)C(C)C)[nH]3)ccc2-4)[nH]1)C(=O)[C@@H](NC(=O)OC)C1CCOCC1. The van der Waals surface area contributed by atoms with E-state index in [1.807, 2.05) is 35.9 Å². The summed E-state index contributed by atoms with van der Waals surface area (Å²) in [6, 6.07) is 12.9. The van der Waals surface area contributed by atoms with Gasteiger partial charge in [0.25, 0.3) is 0 Å². The standard InChI is InChI=1S/C50H64N8O8/c1-8-30(9-2)25-57(47(59)44(56-50(62)64-7)31-17-19-65-20-18-31)26-42-52-38-16-14-32-22-37-35-15-13-33(21-34(35)27-66-41(37)23-36(32)45(38)54-42)39-24-51-46(53-39)40-12-10-11-29(5)58(40)48(60)43(28(3)4)55-49(61)63-6/h13-16,21-24,28-31,40,43-44H,8-12,17-20,25-27H2,1-7H3,(H,51,53)(H,52,54)(H,55,61)(H,56,62)/t29-,40-,43-,44-/m0/s1. The first-order chi connectivity index (χ1) is 31.9. The first kappa shape index (κ1) is 46.4. The second-order valence-electron chi connectivity index (χ2n) is 18.4. The van der Waals surface area contributed by atoms with Crippen molar-refractivity contribution in [1.82, 2.24) is 40.4 Å². The van der Waals surface area contributed by atoms with Crippen molar-refractivity contribution in [3.63, 3.8) is 0 Å². The number of likely N-dealkylation sites (tertiary alicyclic amines) is 1.